The first kappa shape index (κ1) is 20.3. The summed E-state index contributed by atoms with van der Waals surface area (Å²) in [5, 5.41) is 8.37. The fraction of sp³-hybridized carbons (Fsp3) is 0.478. The van der Waals surface area contributed by atoms with Gasteiger partial charge in [0.15, 0.2) is 11.0 Å². The predicted molar refractivity (Wildman–Crippen MR) is 121 cm³/mol. The van der Waals surface area contributed by atoms with Crippen molar-refractivity contribution in [2.75, 3.05) is 18.8 Å². The second-order valence-electron chi connectivity index (χ2n) is 8.67. The zero-order valence-corrected chi connectivity index (χ0v) is 18.9. The van der Waals surface area contributed by atoms with Crippen molar-refractivity contribution in [1.82, 2.24) is 29.6 Å². The molecular weight excluding hydrogens is 408 g/mol. The van der Waals surface area contributed by atoms with Gasteiger partial charge in [0.25, 0.3) is 0 Å². The molecule has 1 amide bonds. The number of piperidine rings is 1. The van der Waals surface area contributed by atoms with Crippen molar-refractivity contribution in [2.45, 2.75) is 56.5 Å². The molecule has 162 valence electrons. The van der Waals surface area contributed by atoms with Crippen molar-refractivity contribution in [3.8, 4) is 5.69 Å². The monoisotopic (exact) mass is 436 g/mol. The first-order valence-corrected chi connectivity index (χ1v) is 12.0. The van der Waals surface area contributed by atoms with Crippen LogP contribution in [0.5, 0.6) is 0 Å². The highest BCUT2D eigenvalue weighted by Crippen LogP contribution is 2.38. The lowest BCUT2D eigenvalue weighted by molar-refractivity contribution is -0.129. The summed E-state index contributed by atoms with van der Waals surface area (Å²) in [5.41, 5.74) is 3.52. The van der Waals surface area contributed by atoms with E-state index in [1.54, 1.807) is 6.20 Å². The summed E-state index contributed by atoms with van der Waals surface area (Å²) < 4.78 is 2.08. The molecular formula is C23H28N6OS. The molecule has 8 heteroatoms. The van der Waals surface area contributed by atoms with Crippen LogP contribution in [-0.2, 0) is 4.79 Å². The summed E-state index contributed by atoms with van der Waals surface area (Å²) in [5.74, 6) is 3.50. The van der Waals surface area contributed by atoms with E-state index in [1.807, 2.05) is 11.1 Å². The normalized spacial score (nSPS) is 17.3. The number of benzene rings is 1. The zero-order chi connectivity index (χ0) is 21.4. The molecule has 1 aromatic carbocycles. The van der Waals surface area contributed by atoms with Gasteiger partial charge in [-0.05, 0) is 56.7 Å². The van der Waals surface area contributed by atoms with Gasteiger partial charge >= 0.3 is 0 Å². The van der Waals surface area contributed by atoms with Gasteiger partial charge in [0.2, 0.25) is 5.91 Å². The molecule has 1 saturated heterocycles. The quantitative estimate of drug-likeness (QED) is 0.591. The van der Waals surface area contributed by atoms with Gasteiger partial charge in [-0.3, -0.25) is 14.5 Å². The summed E-state index contributed by atoms with van der Waals surface area (Å²) in [6.45, 7) is 5.73. The standard InChI is InChI=1S/C23H28N6OS/c1-15-3-4-16(2)19(13-15)29-12-9-24-23(29)31-14-20(30)28-10-7-18(8-11-28)22-25-21(26-27-22)17-5-6-17/h3-4,9,12-13,17-18H,5-8,10-11,14H2,1-2H3,(H,25,26,27). The number of amides is 1. The number of H-pyrrole nitrogens is 1. The van der Waals surface area contributed by atoms with E-state index in [0.717, 1.165) is 48.4 Å². The van der Waals surface area contributed by atoms with Crippen LogP contribution in [0.4, 0.5) is 0 Å². The van der Waals surface area contributed by atoms with Gasteiger partial charge in [0.1, 0.15) is 5.82 Å². The number of carbonyl (C=O) groups is 1. The van der Waals surface area contributed by atoms with E-state index in [-0.39, 0.29) is 5.91 Å². The largest absolute Gasteiger partial charge is 0.342 e. The lowest BCUT2D eigenvalue weighted by atomic mass is 9.96. The molecule has 1 N–H and O–H groups in total. The molecule has 2 aromatic heterocycles. The fourth-order valence-electron chi connectivity index (χ4n) is 4.17. The van der Waals surface area contributed by atoms with Gasteiger partial charge in [-0.1, -0.05) is 23.9 Å². The molecule has 5 rings (SSSR count). The maximum Gasteiger partial charge on any atom is 0.233 e. The third-order valence-corrected chi connectivity index (χ3v) is 7.20. The first-order chi connectivity index (χ1) is 15.1. The van der Waals surface area contributed by atoms with Crippen LogP contribution < -0.4 is 0 Å². The molecule has 0 radical (unpaired) electrons. The summed E-state index contributed by atoms with van der Waals surface area (Å²) >= 11 is 1.51. The molecule has 2 fully saturated rings. The summed E-state index contributed by atoms with van der Waals surface area (Å²) in [6.07, 6.45) is 8.06. The lowest BCUT2D eigenvalue weighted by Gasteiger charge is -2.31. The Labute approximate surface area is 186 Å². The second-order valence-corrected chi connectivity index (χ2v) is 9.61. The maximum absolute atomic E-state index is 12.8. The molecule has 2 aliphatic rings. The number of carbonyl (C=O) groups excluding carboxylic acids is 1. The Morgan fingerprint density at radius 3 is 2.74 bits per heavy atom. The predicted octanol–water partition coefficient (Wildman–Crippen LogP) is 3.98. The topological polar surface area (TPSA) is 79.7 Å². The van der Waals surface area contributed by atoms with E-state index in [1.165, 1.54) is 35.7 Å². The smallest absolute Gasteiger partial charge is 0.233 e. The number of likely N-dealkylation sites (tertiary alicyclic amines) is 1. The molecule has 1 aliphatic carbocycles. The number of rotatable bonds is 6. The van der Waals surface area contributed by atoms with Gasteiger partial charge < -0.3 is 4.90 Å². The number of nitrogens with one attached hydrogen (secondary N) is 1. The Morgan fingerprint density at radius 1 is 1.16 bits per heavy atom. The average molecular weight is 437 g/mol. The second kappa shape index (κ2) is 8.49. The van der Waals surface area contributed by atoms with Crippen LogP contribution in [0.15, 0.2) is 35.7 Å². The maximum atomic E-state index is 12.8. The van der Waals surface area contributed by atoms with Gasteiger partial charge in [-0.15, -0.1) is 0 Å². The van der Waals surface area contributed by atoms with Crippen LogP contribution in [0.2, 0.25) is 0 Å². The highest BCUT2D eigenvalue weighted by Gasteiger charge is 2.30. The van der Waals surface area contributed by atoms with Crippen molar-refractivity contribution in [2.24, 2.45) is 0 Å². The van der Waals surface area contributed by atoms with E-state index in [2.05, 4.69) is 51.8 Å². The Bertz CT molecular complexity index is 1080. The van der Waals surface area contributed by atoms with Crippen molar-refractivity contribution in [1.29, 1.82) is 0 Å². The minimum Gasteiger partial charge on any atom is -0.342 e. The number of aryl methyl sites for hydroxylation is 2. The van der Waals surface area contributed by atoms with Crippen molar-refractivity contribution >= 4 is 17.7 Å². The van der Waals surface area contributed by atoms with Crippen LogP contribution in [0.1, 0.15) is 60.3 Å². The van der Waals surface area contributed by atoms with E-state index in [0.29, 0.717) is 17.6 Å². The lowest BCUT2D eigenvalue weighted by Crippen LogP contribution is -2.39. The highest BCUT2D eigenvalue weighted by atomic mass is 32.2. The summed E-state index contributed by atoms with van der Waals surface area (Å²) in [4.78, 5) is 24.0. The molecule has 1 aliphatic heterocycles. The molecule has 3 aromatic rings. The van der Waals surface area contributed by atoms with E-state index in [9.17, 15) is 4.79 Å². The van der Waals surface area contributed by atoms with Crippen LogP contribution in [0.3, 0.4) is 0 Å². The van der Waals surface area contributed by atoms with Gasteiger partial charge in [0.05, 0.1) is 11.4 Å². The molecule has 1 saturated carbocycles. The zero-order valence-electron chi connectivity index (χ0n) is 18.0. The fourth-order valence-corrected chi connectivity index (χ4v) is 5.04. The van der Waals surface area contributed by atoms with E-state index in [4.69, 9.17) is 4.98 Å². The number of nitrogens with zero attached hydrogens (tertiary/aromatic N) is 5. The summed E-state index contributed by atoms with van der Waals surface area (Å²) in [7, 11) is 0. The number of hydrogen-bond acceptors (Lipinski definition) is 5. The van der Waals surface area contributed by atoms with E-state index >= 15 is 0 Å². The minimum atomic E-state index is 0.176. The first-order valence-electron chi connectivity index (χ1n) is 11.0. The number of hydrogen-bond donors (Lipinski definition) is 1. The van der Waals surface area contributed by atoms with E-state index < -0.39 is 0 Å². The van der Waals surface area contributed by atoms with Gasteiger partial charge in [-0.2, -0.15) is 5.10 Å². The third kappa shape index (κ3) is 4.39. The Hall–Kier alpha value is -2.61. The number of aromatic nitrogens is 5. The molecule has 0 spiro atoms. The molecule has 3 heterocycles. The SMILES string of the molecule is Cc1ccc(C)c(-n2ccnc2SCC(=O)N2CCC(c3nc(C4CC4)n[nH]3)CC2)c1. The molecule has 31 heavy (non-hydrogen) atoms. The summed E-state index contributed by atoms with van der Waals surface area (Å²) in [6, 6.07) is 6.39. The van der Waals surface area contributed by atoms with Crippen LogP contribution >= 0.6 is 11.8 Å². The minimum absolute atomic E-state index is 0.176. The van der Waals surface area contributed by atoms with Crippen LogP contribution in [0, 0.1) is 13.8 Å². The number of thioether (sulfide) groups is 1. The van der Waals surface area contributed by atoms with Crippen LogP contribution in [-0.4, -0.2) is 54.4 Å². The van der Waals surface area contributed by atoms with Crippen molar-refractivity contribution < 1.29 is 4.79 Å². The molecule has 0 unspecified atom stereocenters. The van der Waals surface area contributed by atoms with Gasteiger partial charge in [0, 0.05) is 37.3 Å². The van der Waals surface area contributed by atoms with Gasteiger partial charge in [-0.25, -0.2) is 9.97 Å². The Kier molecular flexibility index (Phi) is 5.56. The molecule has 0 bridgehead atoms. The molecule has 0 atom stereocenters. The number of aromatic amines is 1. The Balaban J connectivity index is 1.17. The highest BCUT2D eigenvalue weighted by molar-refractivity contribution is 7.99. The molecule has 7 nitrogen and oxygen atoms in total. The average Bonchev–Trinajstić information content (AvgIpc) is 3.33. The van der Waals surface area contributed by atoms with Crippen molar-refractivity contribution in [3.63, 3.8) is 0 Å². The number of imidazole rings is 1. The Morgan fingerprint density at radius 2 is 1.97 bits per heavy atom. The van der Waals surface area contributed by atoms with Crippen molar-refractivity contribution in [3.05, 3.63) is 53.4 Å². The van der Waals surface area contributed by atoms with Crippen LogP contribution in [0.25, 0.3) is 5.69 Å². The third-order valence-electron chi connectivity index (χ3n) is 6.25.